The van der Waals surface area contributed by atoms with Crippen molar-refractivity contribution in [1.82, 2.24) is 4.90 Å². The summed E-state index contributed by atoms with van der Waals surface area (Å²) in [5.74, 6) is 0.412. The molecule has 0 unspecified atom stereocenters. The molecule has 1 aliphatic rings. The monoisotopic (exact) mass is 376 g/mol. The number of halogens is 1. The Morgan fingerprint density at radius 3 is 1.70 bits per heavy atom. The lowest BCUT2D eigenvalue weighted by atomic mass is 9.90. The van der Waals surface area contributed by atoms with Crippen molar-refractivity contribution in [2.24, 2.45) is 0 Å². The van der Waals surface area contributed by atoms with Crippen molar-refractivity contribution in [3.05, 3.63) is 101 Å². The fourth-order valence-electron chi connectivity index (χ4n) is 3.87. The van der Waals surface area contributed by atoms with Crippen molar-refractivity contribution in [2.45, 2.75) is 5.92 Å². The van der Waals surface area contributed by atoms with Crippen LogP contribution in [0, 0.1) is 0 Å². The molecule has 27 heavy (non-hydrogen) atoms. The van der Waals surface area contributed by atoms with Gasteiger partial charge in [-0.2, -0.15) is 0 Å². The van der Waals surface area contributed by atoms with Crippen LogP contribution in [0.1, 0.15) is 17.0 Å². The molecule has 3 aromatic carbocycles. The number of piperazine rings is 1. The topological polar surface area (TPSA) is 6.48 Å². The van der Waals surface area contributed by atoms with Gasteiger partial charge in [-0.3, -0.25) is 4.90 Å². The largest absolute Gasteiger partial charge is 0.369 e. The highest BCUT2D eigenvalue weighted by atomic mass is 35.5. The van der Waals surface area contributed by atoms with Crippen LogP contribution in [0.4, 0.5) is 5.69 Å². The van der Waals surface area contributed by atoms with Gasteiger partial charge in [0, 0.05) is 49.4 Å². The maximum atomic E-state index is 6.02. The predicted octanol–water partition coefficient (Wildman–Crippen LogP) is 5.29. The van der Waals surface area contributed by atoms with Crippen molar-refractivity contribution >= 4 is 17.3 Å². The quantitative estimate of drug-likeness (QED) is 0.596. The highest BCUT2D eigenvalue weighted by Crippen LogP contribution is 2.27. The van der Waals surface area contributed by atoms with Gasteiger partial charge in [0.05, 0.1) is 0 Å². The van der Waals surface area contributed by atoms with Gasteiger partial charge in [-0.1, -0.05) is 72.3 Å². The second-order valence-electron chi connectivity index (χ2n) is 7.14. The Kier molecular flexibility index (Phi) is 5.76. The zero-order valence-corrected chi connectivity index (χ0v) is 16.2. The highest BCUT2D eigenvalue weighted by molar-refractivity contribution is 6.30. The maximum Gasteiger partial charge on any atom is 0.0407 e. The molecule has 1 saturated heterocycles. The van der Waals surface area contributed by atoms with Crippen LogP contribution in [0.3, 0.4) is 0 Å². The van der Waals surface area contributed by atoms with Gasteiger partial charge in [0.2, 0.25) is 0 Å². The molecule has 0 atom stereocenters. The molecule has 0 bridgehead atoms. The van der Waals surface area contributed by atoms with Crippen molar-refractivity contribution in [3.63, 3.8) is 0 Å². The molecule has 0 spiro atoms. The Bertz CT molecular complexity index is 786. The fraction of sp³-hybridized carbons (Fsp3) is 0.250. The van der Waals surface area contributed by atoms with Crippen LogP contribution in [0.5, 0.6) is 0 Å². The maximum absolute atomic E-state index is 6.02. The summed E-state index contributed by atoms with van der Waals surface area (Å²) in [6, 6.07) is 30.0. The smallest absolute Gasteiger partial charge is 0.0407 e. The van der Waals surface area contributed by atoms with Gasteiger partial charge in [0.25, 0.3) is 0 Å². The first-order chi connectivity index (χ1) is 13.3. The standard InChI is InChI=1S/C24H25ClN2/c25-22-11-13-23(14-12-22)27-17-15-26(16-18-27)19-24(20-7-3-1-4-8-20)21-9-5-2-6-10-21/h1-14,24H,15-19H2. The van der Waals surface area contributed by atoms with Crippen LogP contribution in [0.15, 0.2) is 84.9 Å². The molecule has 3 heteroatoms. The van der Waals surface area contributed by atoms with E-state index in [9.17, 15) is 0 Å². The molecule has 0 radical (unpaired) electrons. The summed E-state index contributed by atoms with van der Waals surface area (Å²) in [5, 5.41) is 0.797. The summed E-state index contributed by atoms with van der Waals surface area (Å²) >= 11 is 6.02. The van der Waals surface area contributed by atoms with Crippen molar-refractivity contribution in [1.29, 1.82) is 0 Å². The van der Waals surface area contributed by atoms with Crippen molar-refractivity contribution < 1.29 is 0 Å². The lowest BCUT2D eigenvalue weighted by molar-refractivity contribution is 0.250. The van der Waals surface area contributed by atoms with E-state index in [0.717, 1.165) is 37.7 Å². The molecule has 0 amide bonds. The third-order valence-corrected chi connectivity index (χ3v) is 5.66. The number of nitrogens with zero attached hydrogens (tertiary/aromatic N) is 2. The van der Waals surface area contributed by atoms with Crippen LogP contribution in [0.25, 0.3) is 0 Å². The average molecular weight is 377 g/mol. The number of anilines is 1. The van der Waals surface area contributed by atoms with E-state index in [1.807, 2.05) is 12.1 Å². The molecule has 0 saturated carbocycles. The van der Waals surface area contributed by atoms with Gasteiger partial charge >= 0.3 is 0 Å². The first kappa shape index (κ1) is 18.1. The SMILES string of the molecule is Clc1ccc(N2CCN(CC(c3ccccc3)c3ccccc3)CC2)cc1. The lowest BCUT2D eigenvalue weighted by Gasteiger charge is -2.38. The van der Waals surface area contributed by atoms with E-state index < -0.39 is 0 Å². The molecular formula is C24H25ClN2. The summed E-state index contributed by atoms with van der Waals surface area (Å²) in [6.45, 7) is 5.33. The number of hydrogen-bond acceptors (Lipinski definition) is 2. The Morgan fingerprint density at radius 1 is 0.667 bits per heavy atom. The van der Waals surface area contributed by atoms with E-state index >= 15 is 0 Å². The summed E-state index contributed by atoms with van der Waals surface area (Å²) < 4.78 is 0. The normalized spacial score (nSPS) is 15.3. The van der Waals surface area contributed by atoms with E-state index in [2.05, 4.69) is 82.6 Å². The van der Waals surface area contributed by atoms with E-state index in [-0.39, 0.29) is 0 Å². The van der Waals surface area contributed by atoms with Crippen LogP contribution in [0.2, 0.25) is 5.02 Å². The Labute approximate surface area is 167 Å². The molecule has 1 heterocycles. The first-order valence-corrected chi connectivity index (χ1v) is 10.0. The molecule has 1 aliphatic heterocycles. The van der Waals surface area contributed by atoms with Crippen LogP contribution >= 0.6 is 11.6 Å². The minimum Gasteiger partial charge on any atom is -0.369 e. The van der Waals surface area contributed by atoms with E-state index in [0.29, 0.717) is 5.92 Å². The van der Waals surface area contributed by atoms with Crippen molar-refractivity contribution in [2.75, 3.05) is 37.6 Å². The molecular weight excluding hydrogens is 352 g/mol. The molecule has 0 aliphatic carbocycles. The zero-order valence-electron chi connectivity index (χ0n) is 15.5. The van der Waals surface area contributed by atoms with Crippen LogP contribution < -0.4 is 4.90 Å². The first-order valence-electron chi connectivity index (χ1n) is 9.62. The lowest BCUT2D eigenvalue weighted by Crippen LogP contribution is -2.47. The third-order valence-electron chi connectivity index (χ3n) is 5.41. The molecule has 3 aromatic rings. The van der Waals surface area contributed by atoms with Gasteiger partial charge in [-0.15, -0.1) is 0 Å². The fourth-order valence-corrected chi connectivity index (χ4v) is 4.00. The predicted molar refractivity (Wildman–Crippen MR) is 115 cm³/mol. The molecule has 4 rings (SSSR count). The summed E-state index contributed by atoms with van der Waals surface area (Å²) in [4.78, 5) is 5.05. The van der Waals surface area contributed by atoms with Gasteiger partial charge < -0.3 is 4.90 Å². The summed E-state index contributed by atoms with van der Waals surface area (Å²) in [7, 11) is 0. The van der Waals surface area contributed by atoms with Gasteiger partial charge in [0.15, 0.2) is 0 Å². The van der Waals surface area contributed by atoms with E-state index in [4.69, 9.17) is 11.6 Å². The minimum atomic E-state index is 0.412. The number of hydrogen-bond donors (Lipinski definition) is 0. The molecule has 2 nitrogen and oxygen atoms in total. The average Bonchev–Trinajstić information content (AvgIpc) is 2.74. The van der Waals surface area contributed by atoms with E-state index in [1.54, 1.807) is 0 Å². The second-order valence-corrected chi connectivity index (χ2v) is 7.57. The highest BCUT2D eigenvalue weighted by Gasteiger charge is 2.22. The Balaban J connectivity index is 1.44. The molecule has 0 aromatic heterocycles. The minimum absolute atomic E-state index is 0.412. The Hall–Kier alpha value is -2.29. The van der Waals surface area contributed by atoms with Crippen LogP contribution in [-0.4, -0.2) is 37.6 Å². The molecule has 1 fully saturated rings. The van der Waals surface area contributed by atoms with Gasteiger partial charge in [-0.25, -0.2) is 0 Å². The second kappa shape index (κ2) is 8.60. The van der Waals surface area contributed by atoms with Gasteiger partial charge in [-0.05, 0) is 35.4 Å². The number of benzene rings is 3. The summed E-state index contributed by atoms with van der Waals surface area (Å²) in [5.41, 5.74) is 4.05. The van der Waals surface area contributed by atoms with Crippen molar-refractivity contribution in [3.8, 4) is 0 Å². The zero-order chi connectivity index (χ0) is 18.5. The Morgan fingerprint density at radius 2 is 1.19 bits per heavy atom. The molecule has 0 N–H and O–H groups in total. The summed E-state index contributed by atoms with van der Waals surface area (Å²) in [6.07, 6.45) is 0. The third kappa shape index (κ3) is 4.52. The molecule has 138 valence electrons. The number of rotatable bonds is 5. The van der Waals surface area contributed by atoms with E-state index in [1.165, 1.54) is 16.8 Å². The van der Waals surface area contributed by atoms with Crippen LogP contribution in [-0.2, 0) is 0 Å². The van der Waals surface area contributed by atoms with Gasteiger partial charge in [0.1, 0.15) is 0 Å².